The van der Waals surface area contributed by atoms with Gasteiger partial charge in [0.1, 0.15) is 5.82 Å². The number of carbonyl (C=O) groups is 1. The number of amides is 2. The fourth-order valence-corrected chi connectivity index (χ4v) is 4.05. The van der Waals surface area contributed by atoms with E-state index in [4.69, 9.17) is 0 Å². The van der Waals surface area contributed by atoms with Gasteiger partial charge in [-0.25, -0.2) is 14.8 Å². The minimum absolute atomic E-state index is 0.125. The Morgan fingerprint density at radius 3 is 3.04 bits per heavy atom. The summed E-state index contributed by atoms with van der Waals surface area (Å²) in [4.78, 5) is 20.4. The molecule has 1 fully saturated rings. The van der Waals surface area contributed by atoms with Gasteiger partial charge in [-0.2, -0.15) is 0 Å². The van der Waals surface area contributed by atoms with Gasteiger partial charge in [0, 0.05) is 18.2 Å². The van der Waals surface area contributed by atoms with Crippen LogP contribution in [0.5, 0.6) is 0 Å². The first kappa shape index (κ1) is 15.1. The van der Waals surface area contributed by atoms with E-state index in [1.807, 2.05) is 13.0 Å². The van der Waals surface area contributed by atoms with Crippen molar-refractivity contribution >= 4 is 6.03 Å². The molecule has 24 heavy (non-hydrogen) atoms. The van der Waals surface area contributed by atoms with Crippen LogP contribution in [0.4, 0.5) is 4.79 Å². The van der Waals surface area contributed by atoms with Crippen LogP contribution in [0.15, 0.2) is 36.5 Å². The summed E-state index contributed by atoms with van der Waals surface area (Å²) in [5.74, 6) is 1.28. The Hall–Kier alpha value is -2.43. The minimum Gasteiger partial charge on any atom is -0.338 e. The molecule has 5 nitrogen and oxygen atoms in total. The maximum Gasteiger partial charge on any atom is 0.315 e. The Kier molecular flexibility index (Phi) is 3.71. The highest BCUT2D eigenvalue weighted by atomic mass is 16.2. The first-order valence-electron chi connectivity index (χ1n) is 8.56. The average Bonchev–Trinajstić information content (AvgIpc) is 3.18. The van der Waals surface area contributed by atoms with Crippen LogP contribution < -0.4 is 10.6 Å². The van der Waals surface area contributed by atoms with Gasteiger partial charge in [-0.1, -0.05) is 24.3 Å². The highest BCUT2D eigenvalue weighted by Crippen LogP contribution is 2.61. The zero-order valence-electron chi connectivity index (χ0n) is 13.9. The molecule has 1 saturated carbocycles. The lowest BCUT2D eigenvalue weighted by Gasteiger charge is -2.12. The summed E-state index contributed by atoms with van der Waals surface area (Å²) in [6.07, 6.45) is 5.30. The van der Waals surface area contributed by atoms with Crippen molar-refractivity contribution in [2.45, 2.75) is 38.1 Å². The zero-order chi connectivity index (χ0) is 16.6. The van der Waals surface area contributed by atoms with E-state index in [9.17, 15) is 4.79 Å². The molecule has 2 amide bonds. The van der Waals surface area contributed by atoms with Crippen LogP contribution in [-0.2, 0) is 18.4 Å². The summed E-state index contributed by atoms with van der Waals surface area (Å²) in [7, 11) is 0. The molecule has 2 atom stereocenters. The van der Waals surface area contributed by atoms with Crippen LogP contribution in [0.1, 0.15) is 35.5 Å². The Labute approximate surface area is 141 Å². The number of hydrogen-bond donors (Lipinski definition) is 2. The number of hydrogen-bond acceptors (Lipinski definition) is 3. The topological polar surface area (TPSA) is 66.9 Å². The van der Waals surface area contributed by atoms with Crippen LogP contribution in [0.25, 0.3) is 0 Å². The van der Waals surface area contributed by atoms with Crippen LogP contribution >= 0.6 is 0 Å². The maximum absolute atomic E-state index is 12.0. The Balaban J connectivity index is 1.27. The molecule has 0 bridgehead atoms. The molecule has 1 aromatic carbocycles. The van der Waals surface area contributed by atoms with Crippen LogP contribution in [0.2, 0.25) is 0 Å². The van der Waals surface area contributed by atoms with Crippen LogP contribution in [-0.4, -0.2) is 22.5 Å². The largest absolute Gasteiger partial charge is 0.338 e. The number of aromatic nitrogens is 2. The number of aryl methyl sites for hydroxylation is 2. The summed E-state index contributed by atoms with van der Waals surface area (Å²) >= 11 is 0. The number of urea groups is 1. The number of benzene rings is 1. The molecule has 0 unspecified atom stereocenters. The van der Waals surface area contributed by atoms with E-state index in [0.717, 1.165) is 18.1 Å². The van der Waals surface area contributed by atoms with E-state index in [1.54, 1.807) is 6.20 Å². The molecular weight excluding hydrogens is 300 g/mol. The van der Waals surface area contributed by atoms with Crippen molar-refractivity contribution < 1.29 is 4.79 Å². The average molecular weight is 322 g/mol. The molecule has 2 aliphatic rings. The second kappa shape index (κ2) is 5.89. The SMILES string of the molecule is Cc1nccc(CNC(=O)NC[C@H]2C[C@]23CCc2ccccc23)n1. The van der Waals surface area contributed by atoms with Gasteiger partial charge in [-0.3, -0.25) is 0 Å². The van der Waals surface area contributed by atoms with Gasteiger partial charge in [0.15, 0.2) is 0 Å². The van der Waals surface area contributed by atoms with Gasteiger partial charge in [0.2, 0.25) is 0 Å². The van der Waals surface area contributed by atoms with Gasteiger partial charge in [0.05, 0.1) is 12.2 Å². The number of nitrogens with zero attached hydrogens (tertiary/aromatic N) is 2. The quantitative estimate of drug-likeness (QED) is 0.909. The van der Waals surface area contributed by atoms with Gasteiger partial charge in [-0.15, -0.1) is 0 Å². The predicted molar refractivity (Wildman–Crippen MR) is 91.6 cm³/mol. The summed E-state index contributed by atoms with van der Waals surface area (Å²) < 4.78 is 0. The lowest BCUT2D eigenvalue weighted by atomic mass is 9.95. The second-order valence-electron chi connectivity index (χ2n) is 6.87. The number of rotatable bonds is 4. The van der Waals surface area contributed by atoms with Crippen LogP contribution in [0.3, 0.4) is 0 Å². The molecule has 0 aliphatic heterocycles. The molecule has 1 aromatic heterocycles. The van der Waals surface area contributed by atoms with E-state index in [-0.39, 0.29) is 6.03 Å². The normalized spacial score (nSPS) is 23.8. The minimum atomic E-state index is -0.125. The van der Waals surface area contributed by atoms with Gasteiger partial charge in [0.25, 0.3) is 0 Å². The fourth-order valence-electron chi connectivity index (χ4n) is 4.05. The van der Waals surface area contributed by atoms with E-state index >= 15 is 0 Å². The van der Waals surface area contributed by atoms with Crippen LogP contribution in [0, 0.1) is 12.8 Å². The lowest BCUT2D eigenvalue weighted by molar-refractivity contribution is 0.239. The molecular formula is C19H22N4O. The maximum atomic E-state index is 12.0. The van der Waals surface area contributed by atoms with Crippen molar-refractivity contribution in [3.05, 3.63) is 59.2 Å². The molecule has 1 spiro atoms. The Morgan fingerprint density at radius 1 is 1.29 bits per heavy atom. The summed E-state index contributed by atoms with van der Waals surface area (Å²) in [5, 5.41) is 5.89. The Bertz CT molecular complexity index is 775. The van der Waals surface area contributed by atoms with Crippen molar-refractivity contribution in [3.8, 4) is 0 Å². The van der Waals surface area contributed by atoms with Gasteiger partial charge < -0.3 is 10.6 Å². The van der Waals surface area contributed by atoms with Crippen molar-refractivity contribution in [1.29, 1.82) is 0 Å². The first-order valence-corrected chi connectivity index (χ1v) is 8.56. The third-order valence-electron chi connectivity index (χ3n) is 5.40. The standard InChI is InChI=1S/C19H22N4O/c1-13-20-9-7-16(23-13)12-22-18(24)21-11-15-10-19(15)8-6-14-4-2-3-5-17(14)19/h2-5,7,9,15H,6,8,10-12H2,1H3,(H2,21,22,24)/t15-,19-/m1/s1. The molecule has 0 saturated heterocycles. The Morgan fingerprint density at radius 2 is 2.17 bits per heavy atom. The molecule has 5 heteroatoms. The summed E-state index contributed by atoms with van der Waals surface area (Å²) in [5.41, 5.74) is 4.15. The number of fused-ring (bicyclic) bond motifs is 2. The highest BCUT2D eigenvalue weighted by Gasteiger charge is 2.57. The van der Waals surface area contributed by atoms with Gasteiger partial charge >= 0.3 is 6.03 Å². The highest BCUT2D eigenvalue weighted by molar-refractivity contribution is 5.73. The zero-order valence-corrected chi connectivity index (χ0v) is 13.9. The number of carbonyl (C=O) groups excluding carboxylic acids is 1. The van der Waals surface area contributed by atoms with E-state index in [2.05, 4.69) is 44.9 Å². The van der Waals surface area contributed by atoms with E-state index in [0.29, 0.717) is 17.9 Å². The van der Waals surface area contributed by atoms with E-state index < -0.39 is 0 Å². The monoisotopic (exact) mass is 322 g/mol. The molecule has 124 valence electrons. The second-order valence-corrected chi connectivity index (χ2v) is 6.87. The molecule has 1 heterocycles. The van der Waals surface area contributed by atoms with Crippen molar-refractivity contribution in [2.75, 3.05) is 6.54 Å². The fraction of sp³-hybridized carbons (Fsp3) is 0.421. The molecule has 0 radical (unpaired) electrons. The summed E-state index contributed by atoms with van der Waals surface area (Å²) in [6, 6.07) is 10.4. The third-order valence-corrected chi connectivity index (χ3v) is 5.40. The number of nitrogens with one attached hydrogen (secondary N) is 2. The predicted octanol–water partition coefficient (Wildman–Crippen LogP) is 2.49. The smallest absolute Gasteiger partial charge is 0.315 e. The van der Waals surface area contributed by atoms with Crippen molar-refractivity contribution in [2.24, 2.45) is 5.92 Å². The van der Waals surface area contributed by atoms with Crippen molar-refractivity contribution in [3.63, 3.8) is 0 Å². The molecule has 4 rings (SSSR count). The molecule has 2 aromatic rings. The van der Waals surface area contributed by atoms with Gasteiger partial charge in [-0.05, 0) is 49.3 Å². The lowest BCUT2D eigenvalue weighted by Crippen LogP contribution is -2.37. The third kappa shape index (κ3) is 2.75. The first-order chi connectivity index (χ1) is 11.7. The molecule has 2 aliphatic carbocycles. The van der Waals surface area contributed by atoms with Crippen molar-refractivity contribution in [1.82, 2.24) is 20.6 Å². The van der Waals surface area contributed by atoms with E-state index in [1.165, 1.54) is 30.4 Å². The summed E-state index contributed by atoms with van der Waals surface area (Å²) in [6.45, 7) is 3.01. The molecule has 2 N–H and O–H groups in total.